The molecule has 2 rings (SSSR count). The normalized spacial score (nSPS) is 15.5. The van der Waals surface area contributed by atoms with Crippen molar-refractivity contribution in [1.29, 1.82) is 0 Å². The Morgan fingerprint density at radius 1 is 1.17 bits per heavy atom. The molecule has 1 aliphatic carbocycles. The molecule has 0 heterocycles. The predicted octanol–water partition coefficient (Wildman–Crippen LogP) is 3.80. The van der Waals surface area contributed by atoms with Crippen molar-refractivity contribution in [3.05, 3.63) is 41.7 Å². The fourth-order valence-corrected chi connectivity index (χ4v) is 2.36. The molecule has 0 radical (unpaired) electrons. The van der Waals surface area contributed by atoms with Gasteiger partial charge in [-0.25, -0.2) is 0 Å². The van der Waals surface area contributed by atoms with E-state index in [4.69, 9.17) is 10.5 Å². The fraction of sp³-hybridized carbons (Fsp3) is 0.500. The van der Waals surface area contributed by atoms with Gasteiger partial charge < -0.3 is 10.5 Å². The van der Waals surface area contributed by atoms with Gasteiger partial charge in [0.1, 0.15) is 5.75 Å². The zero-order chi connectivity index (χ0) is 12.6. The molecule has 2 N–H and O–H groups in total. The Kier molecular flexibility index (Phi) is 5.28. The second-order valence-electron chi connectivity index (χ2n) is 4.99. The molecule has 2 nitrogen and oxygen atoms in total. The van der Waals surface area contributed by atoms with Gasteiger partial charge in [0.05, 0.1) is 6.26 Å². The van der Waals surface area contributed by atoms with E-state index < -0.39 is 0 Å². The SMILES string of the molecule is NCCCc1cccc(OC=C2CCCCC2)c1. The van der Waals surface area contributed by atoms with E-state index in [9.17, 15) is 0 Å². The number of hydrogen-bond acceptors (Lipinski definition) is 2. The van der Waals surface area contributed by atoms with Gasteiger partial charge in [0.25, 0.3) is 0 Å². The zero-order valence-electron chi connectivity index (χ0n) is 11.0. The average Bonchev–Trinajstić information content (AvgIpc) is 2.44. The summed E-state index contributed by atoms with van der Waals surface area (Å²) in [7, 11) is 0. The van der Waals surface area contributed by atoms with Crippen LogP contribution in [0.3, 0.4) is 0 Å². The van der Waals surface area contributed by atoms with Crippen LogP contribution < -0.4 is 10.5 Å². The third-order valence-corrected chi connectivity index (χ3v) is 3.43. The average molecular weight is 245 g/mol. The maximum Gasteiger partial charge on any atom is 0.126 e. The van der Waals surface area contributed by atoms with Crippen LogP contribution in [0.5, 0.6) is 5.75 Å². The fourth-order valence-electron chi connectivity index (χ4n) is 2.36. The molecule has 0 aliphatic heterocycles. The van der Waals surface area contributed by atoms with E-state index in [1.165, 1.54) is 43.2 Å². The maximum atomic E-state index is 5.77. The van der Waals surface area contributed by atoms with Crippen molar-refractivity contribution in [3.63, 3.8) is 0 Å². The van der Waals surface area contributed by atoms with Crippen LogP contribution in [-0.2, 0) is 6.42 Å². The van der Waals surface area contributed by atoms with Crippen LogP contribution >= 0.6 is 0 Å². The van der Waals surface area contributed by atoms with E-state index in [0.29, 0.717) is 0 Å². The minimum Gasteiger partial charge on any atom is -0.465 e. The summed E-state index contributed by atoms with van der Waals surface area (Å²) in [6.45, 7) is 0.745. The molecule has 0 aromatic heterocycles. The highest BCUT2D eigenvalue weighted by Crippen LogP contribution is 2.23. The molecule has 18 heavy (non-hydrogen) atoms. The first-order chi connectivity index (χ1) is 8.88. The smallest absolute Gasteiger partial charge is 0.126 e. The van der Waals surface area contributed by atoms with Gasteiger partial charge in [-0.3, -0.25) is 0 Å². The molecule has 0 bridgehead atoms. The van der Waals surface area contributed by atoms with E-state index in [1.807, 2.05) is 12.3 Å². The summed E-state index contributed by atoms with van der Waals surface area (Å²) in [5.41, 5.74) is 8.29. The minimum atomic E-state index is 0.745. The third kappa shape index (κ3) is 4.19. The molecule has 0 amide bonds. The Labute approximate surface area is 110 Å². The molecule has 0 spiro atoms. The third-order valence-electron chi connectivity index (χ3n) is 3.43. The Morgan fingerprint density at radius 3 is 2.78 bits per heavy atom. The van der Waals surface area contributed by atoms with Gasteiger partial charge in [0, 0.05) is 0 Å². The summed E-state index contributed by atoms with van der Waals surface area (Å²) in [6.07, 6.45) is 10.4. The second-order valence-corrected chi connectivity index (χ2v) is 4.99. The Balaban J connectivity index is 1.91. The van der Waals surface area contributed by atoms with E-state index >= 15 is 0 Å². The predicted molar refractivity (Wildman–Crippen MR) is 75.6 cm³/mol. The van der Waals surface area contributed by atoms with Crippen molar-refractivity contribution in [3.8, 4) is 5.75 Å². The summed E-state index contributed by atoms with van der Waals surface area (Å²) in [5.74, 6) is 0.947. The lowest BCUT2D eigenvalue weighted by Gasteiger charge is -2.13. The lowest BCUT2D eigenvalue weighted by Crippen LogP contribution is -2.00. The van der Waals surface area contributed by atoms with Gasteiger partial charge in [-0.15, -0.1) is 0 Å². The van der Waals surface area contributed by atoms with Crippen molar-refractivity contribution in [2.45, 2.75) is 44.9 Å². The van der Waals surface area contributed by atoms with Gasteiger partial charge >= 0.3 is 0 Å². The lowest BCUT2D eigenvalue weighted by atomic mass is 9.96. The van der Waals surface area contributed by atoms with Crippen molar-refractivity contribution < 1.29 is 4.74 Å². The molecule has 0 unspecified atom stereocenters. The topological polar surface area (TPSA) is 35.2 Å². The molecule has 1 aromatic carbocycles. The molecule has 98 valence electrons. The maximum absolute atomic E-state index is 5.77. The van der Waals surface area contributed by atoms with Crippen LogP contribution in [0.25, 0.3) is 0 Å². The van der Waals surface area contributed by atoms with Gasteiger partial charge in [0.2, 0.25) is 0 Å². The molecular weight excluding hydrogens is 222 g/mol. The largest absolute Gasteiger partial charge is 0.465 e. The molecule has 1 saturated carbocycles. The van der Waals surface area contributed by atoms with Gasteiger partial charge in [-0.05, 0) is 68.3 Å². The van der Waals surface area contributed by atoms with Crippen LogP contribution in [0, 0.1) is 0 Å². The van der Waals surface area contributed by atoms with Gasteiger partial charge in [-0.1, -0.05) is 18.6 Å². The van der Waals surface area contributed by atoms with E-state index in [0.717, 1.165) is 25.1 Å². The minimum absolute atomic E-state index is 0.745. The number of hydrogen-bond donors (Lipinski definition) is 1. The Morgan fingerprint density at radius 2 is 2.00 bits per heavy atom. The lowest BCUT2D eigenvalue weighted by molar-refractivity contribution is 0.458. The summed E-state index contributed by atoms with van der Waals surface area (Å²) < 4.78 is 5.77. The van der Waals surface area contributed by atoms with Crippen LogP contribution in [0.4, 0.5) is 0 Å². The summed E-state index contributed by atoms with van der Waals surface area (Å²) in [5, 5.41) is 0. The first-order valence-electron chi connectivity index (χ1n) is 7.02. The van der Waals surface area contributed by atoms with E-state index in [2.05, 4.69) is 18.2 Å². The molecule has 2 heteroatoms. The summed E-state index contributed by atoms with van der Waals surface area (Å²) in [6, 6.07) is 8.33. The summed E-state index contributed by atoms with van der Waals surface area (Å²) in [4.78, 5) is 0. The number of nitrogens with two attached hydrogens (primary N) is 1. The van der Waals surface area contributed by atoms with E-state index in [-0.39, 0.29) is 0 Å². The van der Waals surface area contributed by atoms with E-state index in [1.54, 1.807) is 0 Å². The van der Waals surface area contributed by atoms with Crippen LogP contribution in [-0.4, -0.2) is 6.54 Å². The van der Waals surface area contributed by atoms with Crippen molar-refractivity contribution >= 4 is 0 Å². The molecule has 1 aliphatic rings. The van der Waals surface area contributed by atoms with Crippen LogP contribution in [0.15, 0.2) is 36.1 Å². The zero-order valence-corrected chi connectivity index (χ0v) is 11.0. The number of aryl methyl sites for hydroxylation is 1. The monoisotopic (exact) mass is 245 g/mol. The van der Waals surface area contributed by atoms with Crippen LogP contribution in [0.2, 0.25) is 0 Å². The highest BCUT2D eigenvalue weighted by molar-refractivity contribution is 5.29. The van der Waals surface area contributed by atoms with Crippen molar-refractivity contribution in [2.75, 3.05) is 6.54 Å². The molecule has 1 fully saturated rings. The van der Waals surface area contributed by atoms with Crippen molar-refractivity contribution in [2.24, 2.45) is 5.73 Å². The molecular formula is C16H23NO. The summed E-state index contributed by atoms with van der Waals surface area (Å²) >= 11 is 0. The Hall–Kier alpha value is -1.28. The quantitative estimate of drug-likeness (QED) is 0.801. The molecule has 0 atom stereocenters. The molecule has 0 saturated heterocycles. The number of rotatable bonds is 5. The standard InChI is InChI=1S/C16H23NO/c17-11-5-9-14-8-4-10-16(12-14)18-13-15-6-2-1-3-7-15/h4,8,10,12-13H,1-3,5-7,9,11,17H2. The van der Waals surface area contributed by atoms with Crippen molar-refractivity contribution in [1.82, 2.24) is 0 Å². The number of allylic oxidation sites excluding steroid dienone is 1. The highest BCUT2D eigenvalue weighted by atomic mass is 16.5. The Bertz CT molecular complexity index is 390. The second kappa shape index (κ2) is 7.22. The first kappa shape index (κ1) is 13.2. The molecule has 1 aromatic rings. The number of benzene rings is 1. The van der Waals surface area contributed by atoms with Gasteiger partial charge in [-0.2, -0.15) is 0 Å². The number of ether oxygens (including phenoxy) is 1. The van der Waals surface area contributed by atoms with Gasteiger partial charge in [0.15, 0.2) is 0 Å². The first-order valence-corrected chi connectivity index (χ1v) is 7.02. The highest BCUT2D eigenvalue weighted by Gasteiger charge is 2.05. The van der Waals surface area contributed by atoms with Crippen LogP contribution in [0.1, 0.15) is 44.1 Å².